The summed E-state index contributed by atoms with van der Waals surface area (Å²) in [7, 11) is 0. The summed E-state index contributed by atoms with van der Waals surface area (Å²) in [6.45, 7) is 4.43. The lowest BCUT2D eigenvalue weighted by atomic mass is 10.00. The Bertz CT molecular complexity index is 774. The highest BCUT2D eigenvalue weighted by molar-refractivity contribution is 5.65. The first-order chi connectivity index (χ1) is 13.5. The van der Waals surface area contributed by atoms with Crippen molar-refractivity contribution in [1.82, 2.24) is 9.88 Å². The lowest BCUT2D eigenvalue weighted by Gasteiger charge is -2.40. The van der Waals surface area contributed by atoms with E-state index in [1.54, 1.807) is 12.3 Å². The van der Waals surface area contributed by atoms with Gasteiger partial charge in [-0.25, -0.2) is 4.98 Å². The Labute approximate surface area is 164 Å². The summed E-state index contributed by atoms with van der Waals surface area (Å²) in [5.41, 5.74) is 0.615. The van der Waals surface area contributed by atoms with E-state index in [2.05, 4.69) is 14.8 Å². The van der Waals surface area contributed by atoms with Crippen LogP contribution < -0.4 is 4.90 Å². The quantitative estimate of drug-likeness (QED) is 0.717. The summed E-state index contributed by atoms with van der Waals surface area (Å²) in [4.78, 5) is 9.47. The molecular weight excluding hydrogens is 363 g/mol. The number of likely N-dealkylation sites (tertiary alicyclic amines) is 1. The molecule has 2 aliphatic rings. The van der Waals surface area contributed by atoms with Gasteiger partial charge in [0, 0.05) is 30.9 Å². The van der Waals surface area contributed by atoms with E-state index < -0.39 is 11.7 Å². The minimum absolute atomic E-state index is 0.540. The largest absolute Gasteiger partial charge is 0.416 e. The van der Waals surface area contributed by atoms with Gasteiger partial charge in [-0.15, -0.1) is 0 Å². The number of hydrogen-bond acceptors (Lipinski definition) is 3. The zero-order valence-electron chi connectivity index (χ0n) is 16.0. The highest BCUT2D eigenvalue weighted by atomic mass is 19.4. The zero-order chi connectivity index (χ0) is 19.6. The van der Waals surface area contributed by atoms with Crippen molar-refractivity contribution < 1.29 is 13.2 Å². The van der Waals surface area contributed by atoms with E-state index >= 15 is 0 Å². The molecule has 0 radical (unpaired) electrons. The summed E-state index contributed by atoms with van der Waals surface area (Å²) in [6, 6.07) is 9.89. The monoisotopic (exact) mass is 389 g/mol. The van der Waals surface area contributed by atoms with Crippen molar-refractivity contribution in [3.05, 3.63) is 48.2 Å². The van der Waals surface area contributed by atoms with E-state index in [9.17, 15) is 13.2 Å². The van der Waals surface area contributed by atoms with Gasteiger partial charge in [0.15, 0.2) is 0 Å². The van der Waals surface area contributed by atoms with E-state index in [1.807, 2.05) is 12.1 Å². The smallest absolute Gasteiger partial charge is 0.357 e. The standard InChI is InChI=1S/C22H26F3N3/c23-22(24,25)19-6-4-5-17(15-19)18-7-8-21(26-16-18)28-13-9-20(10-14-28)27-11-2-1-3-12-27/h4-8,15-16,20H,1-3,9-14H2. The van der Waals surface area contributed by atoms with Gasteiger partial charge in [-0.1, -0.05) is 18.6 Å². The molecule has 2 fully saturated rings. The van der Waals surface area contributed by atoms with Crippen molar-refractivity contribution in [1.29, 1.82) is 0 Å². The van der Waals surface area contributed by atoms with Crippen molar-refractivity contribution in [3.63, 3.8) is 0 Å². The van der Waals surface area contributed by atoms with Gasteiger partial charge < -0.3 is 9.80 Å². The molecule has 28 heavy (non-hydrogen) atoms. The normalized spacial score (nSPS) is 19.8. The van der Waals surface area contributed by atoms with Crippen LogP contribution in [0, 0.1) is 0 Å². The molecular formula is C22H26F3N3. The fraction of sp³-hybridized carbons (Fsp3) is 0.500. The van der Waals surface area contributed by atoms with Crippen LogP contribution in [-0.2, 0) is 6.18 Å². The topological polar surface area (TPSA) is 19.4 Å². The van der Waals surface area contributed by atoms with Gasteiger partial charge in [-0.3, -0.25) is 0 Å². The van der Waals surface area contributed by atoms with Crippen LogP contribution in [0.2, 0.25) is 0 Å². The second-order valence-corrected chi connectivity index (χ2v) is 7.80. The third kappa shape index (κ3) is 4.32. The molecule has 0 N–H and O–H groups in total. The van der Waals surface area contributed by atoms with Crippen molar-refractivity contribution in [2.75, 3.05) is 31.1 Å². The van der Waals surface area contributed by atoms with Gasteiger partial charge in [0.05, 0.1) is 5.56 Å². The molecule has 3 nitrogen and oxygen atoms in total. The Morgan fingerprint density at radius 3 is 2.25 bits per heavy atom. The molecule has 1 aromatic carbocycles. The Morgan fingerprint density at radius 1 is 0.857 bits per heavy atom. The molecule has 0 atom stereocenters. The fourth-order valence-corrected chi connectivity index (χ4v) is 4.36. The first-order valence-corrected chi connectivity index (χ1v) is 10.1. The number of benzene rings is 1. The predicted octanol–water partition coefficient (Wildman–Crippen LogP) is 5.22. The highest BCUT2D eigenvalue weighted by Crippen LogP contribution is 2.32. The number of piperidine rings is 2. The molecule has 0 aliphatic carbocycles. The minimum Gasteiger partial charge on any atom is -0.357 e. The van der Waals surface area contributed by atoms with Crippen LogP contribution in [0.1, 0.15) is 37.7 Å². The molecule has 2 aromatic rings. The molecule has 0 unspecified atom stereocenters. The van der Waals surface area contributed by atoms with Crippen LogP contribution in [-0.4, -0.2) is 42.1 Å². The Kier molecular flexibility index (Phi) is 5.58. The van der Waals surface area contributed by atoms with Gasteiger partial charge in [0.25, 0.3) is 0 Å². The van der Waals surface area contributed by atoms with E-state index in [4.69, 9.17) is 0 Å². The number of nitrogens with zero attached hydrogens (tertiary/aromatic N) is 3. The van der Waals surface area contributed by atoms with Gasteiger partial charge in [0.1, 0.15) is 5.82 Å². The summed E-state index contributed by atoms with van der Waals surface area (Å²) >= 11 is 0. The third-order valence-electron chi connectivity index (χ3n) is 5.97. The van der Waals surface area contributed by atoms with Gasteiger partial charge in [-0.05, 0) is 68.6 Å². The van der Waals surface area contributed by atoms with Crippen molar-refractivity contribution in [3.8, 4) is 11.1 Å². The van der Waals surface area contributed by atoms with Crippen molar-refractivity contribution in [2.24, 2.45) is 0 Å². The minimum atomic E-state index is -4.33. The number of pyridine rings is 1. The van der Waals surface area contributed by atoms with E-state index in [0.717, 1.165) is 37.8 Å². The second-order valence-electron chi connectivity index (χ2n) is 7.80. The molecule has 0 spiro atoms. The first kappa shape index (κ1) is 19.2. The summed E-state index contributed by atoms with van der Waals surface area (Å²) < 4.78 is 38.8. The molecule has 0 saturated carbocycles. The molecule has 0 bridgehead atoms. The van der Waals surface area contributed by atoms with Gasteiger partial charge >= 0.3 is 6.18 Å². The Morgan fingerprint density at radius 2 is 1.61 bits per heavy atom. The average molecular weight is 389 g/mol. The SMILES string of the molecule is FC(F)(F)c1cccc(-c2ccc(N3CCC(N4CCCCC4)CC3)nc2)c1. The molecule has 150 valence electrons. The lowest BCUT2D eigenvalue weighted by Crippen LogP contribution is -2.46. The number of anilines is 1. The second kappa shape index (κ2) is 8.11. The molecule has 2 saturated heterocycles. The first-order valence-electron chi connectivity index (χ1n) is 10.1. The maximum absolute atomic E-state index is 12.9. The van der Waals surface area contributed by atoms with Gasteiger partial charge in [0.2, 0.25) is 0 Å². The molecule has 3 heterocycles. The maximum atomic E-state index is 12.9. The Hall–Kier alpha value is -2.08. The van der Waals surface area contributed by atoms with Crippen LogP contribution in [0.15, 0.2) is 42.6 Å². The van der Waals surface area contributed by atoms with Crippen LogP contribution in [0.5, 0.6) is 0 Å². The summed E-state index contributed by atoms with van der Waals surface area (Å²) in [5.74, 6) is 0.910. The molecule has 1 aromatic heterocycles. The Balaban J connectivity index is 1.40. The zero-order valence-corrected chi connectivity index (χ0v) is 16.0. The van der Waals surface area contributed by atoms with E-state index in [0.29, 0.717) is 17.2 Å². The molecule has 6 heteroatoms. The molecule has 2 aliphatic heterocycles. The number of aromatic nitrogens is 1. The molecule has 0 amide bonds. The number of alkyl halides is 3. The highest BCUT2D eigenvalue weighted by Gasteiger charge is 2.30. The third-order valence-corrected chi connectivity index (χ3v) is 5.97. The summed E-state index contributed by atoms with van der Waals surface area (Å²) in [5, 5.41) is 0. The van der Waals surface area contributed by atoms with Crippen molar-refractivity contribution >= 4 is 5.82 Å². The van der Waals surface area contributed by atoms with Crippen molar-refractivity contribution in [2.45, 2.75) is 44.3 Å². The number of rotatable bonds is 3. The van der Waals surface area contributed by atoms with E-state index in [1.165, 1.54) is 44.5 Å². The number of halogens is 3. The predicted molar refractivity (Wildman–Crippen MR) is 105 cm³/mol. The lowest BCUT2D eigenvalue weighted by molar-refractivity contribution is -0.137. The average Bonchev–Trinajstić information content (AvgIpc) is 2.74. The molecule has 4 rings (SSSR count). The van der Waals surface area contributed by atoms with E-state index in [-0.39, 0.29) is 0 Å². The fourth-order valence-electron chi connectivity index (χ4n) is 4.36. The van der Waals surface area contributed by atoms with Crippen LogP contribution >= 0.6 is 0 Å². The van der Waals surface area contributed by atoms with Crippen LogP contribution in [0.3, 0.4) is 0 Å². The van der Waals surface area contributed by atoms with Gasteiger partial charge in [-0.2, -0.15) is 13.2 Å². The van der Waals surface area contributed by atoms with Crippen LogP contribution in [0.4, 0.5) is 19.0 Å². The maximum Gasteiger partial charge on any atom is 0.416 e. The van der Waals surface area contributed by atoms with Crippen LogP contribution in [0.25, 0.3) is 11.1 Å². The summed E-state index contributed by atoms with van der Waals surface area (Å²) in [6.07, 6.45) is 3.65. The number of hydrogen-bond donors (Lipinski definition) is 0.